The van der Waals surface area contributed by atoms with E-state index in [0.29, 0.717) is 11.0 Å². The summed E-state index contributed by atoms with van der Waals surface area (Å²) in [6.07, 6.45) is 1.41. The van der Waals surface area contributed by atoms with Gasteiger partial charge in [0.25, 0.3) is 0 Å². The van der Waals surface area contributed by atoms with Crippen molar-refractivity contribution in [2.24, 2.45) is 0 Å². The van der Waals surface area contributed by atoms with Crippen molar-refractivity contribution in [2.75, 3.05) is 7.11 Å². The zero-order chi connectivity index (χ0) is 12.4. The van der Waals surface area contributed by atoms with E-state index in [1.807, 2.05) is 26.0 Å². The highest BCUT2D eigenvalue weighted by Gasteiger charge is 2.11. The first-order valence-electron chi connectivity index (χ1n) is 5.13. The second kappa shape index (κ2) is 4.67. The predicted octanol–water partition coefficient (Wildman–Crippen LogP) is 2.82. The van der Waals surface area contributed by atoms with E-state index in [1.165, 1.54) is 6.20 Å². The molecule has 5 heteroatoms. The van der Waals surface area contributed by atoms with E-state index in [0.717, 1.165) is 22.4 Å². The van der Waals surface area contributed by atoms with Crippen molar-refractivity contribution in [3.05, 3.63) is 34.6 Å². The third-order valence-electron chi connectivity index (χ3n) is 2.73. The second-order valence-corrected chi connectivity index (χ2v) is 4.06. The van der Waals surface area contributed by atoms with Crippen molar-refractivity contribution in [3.8, 4) is 17.1 Å². The summed E-state index contributed by atoms with van der Waals surface area (Å²) in [7, 11) is 1.65. The van der Waals surface area contributed by atoms with E-state index in [4.69, 9.17) is 16.3 Å². The van der Waals surface area contributed by atoms with Crippen molar-refractivity contribution in [1.29, 1.82) is 0 Å². The molecule has 0 unspecified atom stereocenters. The van der Waals surface area contributed by atoms with Gasteiger partial charge in [-0.3, -0.25) is 0 Å². The molecule has 0 saturated heterocycles. The quantitative estimate of drug-likeness (QED) is 0.821. The first kappa shape index (κ1) is 11.8. The summed E-state index contributed by atoms with van der Waals surface area (Å²) in [5.74, 6) is 1.38. The van der Waals surface area contributed by atoms with Gasteiger partial charge >= 0.3 is 0 Å². The minimum absolute atomic E-state index is 0.336. The lowest BCUT2D eigenvalue weighted by molar-refractivity contribution is 0.411. The highest BCUT2D eigenvalue weighted by atomic mass is 35.5. The molecule has 0 fully saturated rings. The Morgan fingerprint density at radius 1 is 1.18 bits per heavy atom. The average molecular weight is 250 g/mol. The van der Waals surface area contributed by atoms with E-state index in [-0.39, 0.29) is 0 Å². The first-order valence-corrected chi connectivity index (χ1v) is 5.51. The van der Waals surface area contributed by atoms with Gasteiger partial charge in [0.15, 0.2) is 11.0 Å². The van der Waals surface area contributed by atoms with Crippen LogP contribution in [0.1, 0.15) is 11.1 Å². The van der Waals surface area contributed by atoms with E-state index in [9.17, 15) is 0 Å². The average Bonchev–Trinajstić information content (AvgIpc) is 2.32. The number of hydrogen-bond donors (Lipinski definition) is 0. The van der Waals surface area contributed by atoms with Crippen LogP contribution in [0.15, 0.2) is 18.3 Å². The molecular formula is C12H12ClN3O. The normalized spacial score (nSPS) is 10.4. The maximum atomic E-state index is 5.81. The third-order valence-corrected chi connectivity index (χ3v) is 2.91. The van der Waals surface area contributed by atoms with Crippen LogP contribution in [0.5, 0.6) is 5.75 Å². The number of halogens is 1. The fourth-order valence-electron chi connectivity index (χ4n) is 1.66. The van der Waals surface area contributed by atoms with Gasteiger partial charge in [0, 0.05) is 5.56 Å². The zero-order valence-electron chi connectivity index (χ0n) is 9.86. The smallest absolute Gasteiger partial charge is 0.183 e. The summed E-state index contributed by atoms with van der Waals surface area (Å²) in [5, 5.41) is 8.12. The highest BCUT2D eigenvalue weighted by Crippen LogP contribution is 2.29. The molecule has 4 nitrogen and oxygen atoms in total. The van der Waals surface area contributed by atoms with Gasteiger partial charge in [0.2, 0.25) is 0 Å². The molecule has 0 aliphatic rings. The van der Waals surface area contributed by atoms with Crippen LogP contribution in [0.3, 0.4) is 0 Å². The molecule has 0 radical (unpaired) electrons. The molecule has 2 aromatic rings. The van der Waals surface area contributed by atoms with E-state index in [1.54, 1.807) is 7.11 Å². The lowest BCUT2D eigenvalue weighted by Gasteiger charge is -2.11. The molecule has 1 heterocycles. The Labute approximate surface area is 105 Å². The number of nitrogens with zero attached hydrogens (tertiary/aromatic N) is 3. The maximum absolute atomic E-state index is 5.81. The van der Waals surface area contributed by atoms with Crippen molar-refractivity contribution in [3.63, 3.8) is 0 Å². The Kier molecular flexibility index (Phi) is 3.24. The molecule has 17 heavy (non-hydrogen) atoms. The van der Waals surface area contributed by atoms with Crippen LogP contribution in [-0.2, 0) is 0 Å². The van der Waals surface area contributed by atoms with Gasteiger partial charge in [-0.25, -0.2) is 4.98 Å². The fraction of sp³-hybridized carbons (Fsp3) is 0.250. The van der Waals surface area contributed by atoms with E-state index >= 15 is 0 Å². The van der Waals surface area contributed by atoms with Gasteiger partial charge in [-0.1, -0.05) is 11.6 Å². The van der Waals surface area contributed by atoms with Crippen molar-refractivity contribution < 1.29 is 4.74 Å². The SMILES string of the molecule is COc1ccc(-c2nncc(Cl)n2)c(C)c1C. The van der Waals surface area contributed by atoms with Crippen LogP contribution in [-0.4, -0.2) is 22.3 Å². The van der Waals surface area contributed by atoms with E-state index in [2.05, 4.69) is 15.2 Å². The van der Waals surface area contributed by atoms with Crippen LogP contribution in [0.2, 0.25) is 5.15 Å². The number of hydrogen-bond acceptors (Lipinski definition) is 4. The number of methoxy groups -OCH3 is 1. The molecular weight excluding hydrogens is 238 g/mol. The van der Waals surface area contributed by atoms with Crippen LogP contribution in [0.4, 0.5) is 0 Å². The second-order valence-electron chi connectivity index (χ2n) is 3.67. The monoisotopic (exact) mass is 249 g/mol. The van der Waals surface area contributed by atoms with Crippen molar-refractivity contribution in [2.45, 2.75) is 13.8 Å². The molecule has 2 rings (SSSR count). The minimum atomic E-state index is 0.336. The molecule has 1 aromatic heterocycles. The van der Waals surface area contributed by atoms with Crippen LogP contribution >= 0.6 is 11.6 Å². The molecule has 0 spiro atoms. The fourth-order valence-corrected chi connectivity index (χ4v) is 1.78. The lowest BCUT2D eigenvalue weighted by atomic mass is 10.0. The van der Waals surface area contributed by atoms with Gasteiger partial charge in [0.1, 0.15) is 5.75 Å². The molecule has 1 aromatic carbocycles. The Bertz CT molecular complexity index is 557. The lowest BCUT2D eigenvalue weighted by Crippen LogP contribution is -1.97. The number of aromatic nitrogens is 3. The molecule has 0 aliphatic heterocycles. The Morgan fingerprint density at radius 2 is 1.94 bits per heavy atom. The van der Waals surface area contributed by atoms with Crippen LogP contribution in [0, 0.1) is 13.8 Å². The predicted molar refractivity (Wildman–Crippen MR) is 66.3 cm³/mol. The first-order chi connectivity index (χ1) is 8.13. The van der Waals surface area contributed by atoms with Gasteiger partial charge in [-0.05, 0) is 37.1 Å². The van der Waals surface area contributed by atoms with E-state index < -0.39 is 0 Å². The van der Waals surface area contributed by atoms with Gasteiger partial charge in [-0.2, -0.15) is 5.10 Å². The summed E-state index contributed by atoms with van der Waals surface area (Å²) in [6, 6.07) is 3.80. The zero-order valence-corrected chi connectivity index (χ0v) is 10.6. The molecule has 0 aliphatic carbocycles. The Balaban J connectivity index is 2.57. The topological polar surface area (TPSA) is 47.9 Å². The summed E-state index contributed by atoms with van der Waals surface area (Å²) < 4.78 is 5.26. The van der Waals surface area contributed by atoms with Gasteiger partial charge in [0.05, 0.1) is 13.3 Å². The maximum Gasteiger partial charge on any atom is 0.183 e. The molecule has 0 N–H and O–H groups in total. The standard InChI is InChI=1S/C12H12ClN3O/c1-7-8(2)10(17-3)5-4-9(7)12-15-11(13)6-14-16-12/h4-6H,1-3H3. The molecule has 0 atom stereocenters. The third kappa shape index (κ3) is 2.22. The summed E-state index contributed by atoms with van der Waals surface area (Å²) in [4.78, 5) is 4.15. The van der Waals surface area contributed by atoms with Gasteiger partial charge in [-0.15, -0.1) is 5.10 Å². The highest BCUT2D eigenvalue weighted by molar-refractivity contribution is 6.29. The number of rotatable bonds is 2. The molecule has 0 bridgehead atoms. The number of ether oxygens (including phenoxy) is 1. The summed E-state index contributed by atoms with van der Waals surface area (Å²) in [5.41, 5.74) is 3.04. The molecule has 88 valence electrons. The molecule has 0 saturated carbocycles. The van der Waals surface area contributed by atoms with Gasteiger partial charge < -0.3 is 4.74 Å². The summed E-state index contributed by atoms with van der Waals surface area (Å²) in [6.45, 7) is 3.99. The minimum Gasteiger partial charge on any atom is -0.496 e. The molecule has 0 amide bonds. The summed E-state index contributed by atoms with van der Waals surface area (Å²) >= 11 is 5.81. The Hall–Kier alpha value is -1.68. The van der Waals surface area contributed by atoms with Crippen molar-refractivity contribution >= 4 is 11.6 Å². The van der Waals surface area contributed by atoms with Crippen LogP contribution in [0.25, 0.3) is 11.4 Å². The largest absolute Gasteiger partial charge is 0.496 e. The van der Waals surface area contributed by atoms with Crippen molar-refractivity contribution in [1.82, 2.24) is 15.2 Å². The number of benzene rings is 1. The van der Waals surface area contributed by atoms with Crippen LogP contribution < -0.4 is 4.74 Å². The Morgan fingerprint density at radius 3 is 2.59 bits per heavy atom.